The van der Waals surface area contributed by atoms with Crippen LogP contribution < -0.4 is 0 Å². The standard InChI is InChI=1S/C11H14ClNOS/c1-11(2,3)9(14)7-15-10-8(12)5-4-6-13-10/h4-6H,7H2,1-3H3. The van der Waals surface area contributed by atoms with Gasteiger partial charge in [-0.25, -0.2) is 4.98 Å². The van der Waals surface area contributed by atoms with E-state index in [-0.39, 0.29) is 11.2 Å². The number of Topliss-reactive ketones (excluding diaryl/α,β-unsaturated/α-hetero) is 1. The van der Waals surface area contributed by atoms with Gasteiger partial charge in [-0.2, -0.15) is 0 Å². The van der Waals surface area contributed by atoms with Crippen molar-refractivity contribution in [2.24, 2.45) is 5.41 Å². The molecule has 0 amide bonds. The molecule has 0 aliphatic heterocycles. The Balaban J connectivity index is 2.59. The molecule has 0 bridgehead atoms. The number of hydrogen-bond acceptors (Lipinski definition) is 3. The number of rotatable bonds is 3. The van der Waals surface area contributed by atoms with Crippen LogP contribution in [0.2, 0.25) is 5.02 Å². The lowest BCUT2D eigenvalue weighted by Crippen LogP contribution is -2.22. The number of aromatic nitrogens is 1. The lowest BCUT2D eigenvalue weighted by atomic mass is 9.92. The van der Waals surface area contributed by atoms with Crippen LogP contribution in [0.1, 0.15) is 20.8 Å². The zero-order valence-electron chi connectivity index (χ0n) is 9.08. The van der Waals surface area contributed by atoms with Gasteiger partial charge in [-0.05, 0) is 12.1 Å². The van der Waals surface area contributed by atoms with Gasteiger partial charge in [0.05, 0.1) is 10.8 Å². The Labute approximate surface area is 99.4 Å². The molecule has 0 saturated heterocycles. The maximum atomic E-state index is 11.7. The second kappa shape index (κ2) is 4.99. The number of carbonyl (C=O) groups excluding carboxylic acids is 1. The van der Waals surface area contributed by atoms with Gasteiger partial charge in [0.2, 0.25) is 0 Å². The summed E-state index contributed by atoms with van der Waals surface area (Å²) in [6.45, 7) is 5.74. The smallest absolute Gasteiger partial charge is 0.148 e. The highest BCUT2D eigenvalue weighted by Gasteiger charge is 2.21. The molecule has 0 aliphatic carbocycles. The fraction of sp³-hybridized carbons (Fsp3) is 0.455. The fourth-order valence-corrected chi connectivity index (χ4v) is 2.16. The van der Waals surface area contributed by atoms with E-state index in [9.17, 15) is 4.79 Å². The number of nitrogens with zero attached hydrogens (tertiary/aromatic N) is 1. The summed E-state index contributed by atoms with van der Waals surface area (Å²) in [5, 5.41) is 1.32. The highest BCUT2D eigenvalue weighted by Crippen LogP contribution is 2.26. The molecule has 0 radical (unpaired) electrons. The molecule has 0 saturated carbocycles. The summed E-state index contributed by atoms with van der Waals surface area (Å²) in [6.07, 6.45) is 1.68. The Morgan fingerprint density at radius 2 is 2.20 bits per heavy atom. The first kappa shape index (κ1) is 12.5. The van der Waals surface area contributed by atoms with Crippen molar-refractivity contribution in [1.29, 1.82) is 0 Å². The summed E-state index contributed by atoms with van der Waals surface area (Å²) in [7, 11) is 0. The highest BCUT2D eigenvalue weighted by molar-refractivity contribution is 8.00. The molecule has 0 spiro atoms. The van der Waals surface area contributed by atoms with E-state index in [4.69, 9.17) is 11.6 Å². The first-order valence-electron chi connectivity index (χ1n) is 4.68. The highest BCUT2D eigenvalue weighted by atomic mass is 35.5. The Kier molecular flexibility index (Phi) is 4.17. The van der Waals surface area contributed by atoms with Gasteiger partial charge in [-0.3, -0.25) is 4.79 Å². The Bertz CT molecular complexity index is 360. The molecular weight excluding hydrogens is 230 g/mol. The Morgan fingerprint density at radius 3 is 2.73 bits per heavy atom. The van der Waals surface area contributed by atoms with Gasteiger partial charge in [-0.1, -0.05) is 44.1 Å². The molecule has 4 heteroatoms. The number of halogens is 1. The molecule has 0 aromatic carbocycles. The van der Waals surface area contributed by atoms with E-state index in [1.54, 1.807) is 18.3 Å². The normalized spacial score (nSPS) is 11.5. The molecule has 0 unspecified atom stereocenters. The fourth-order valence-electron chi connectivity index (χ4n) is 0.828. The molecule has 1 aromatic heterocycles. The summed E-state index contributed by atoms with van der Waals surface area (Å²) in [6, 6.07) is 3.55. The van der Waals surface area contributed by atoms with Crippen LogP contribution in [0.15, 0.2) is 23.4 Å². The molecule has 0 atom stereocenters. The number of thioether (sulfide) groups is 1. The molecular formula is C11H14ClNOS. The van der Waals surface area contributed by atoms with Crippen molar-refractivity contribution < 1.29 is 4.79 Å². The number of ketones is 1. The van der Waals surface area contributed by atoms with Gasteiger partial charge in [0.25, 0.3) is 0 Å². The lowest BCUT2D eigenvalue weighted by Gasteiger charge is -2.15. The zero-order chi connectivity index (χ0) is 11.5. The first-order chi connectivity index (χ1) is 6.91. The van der Waals surface area contributed by atoms with Gasteiger partial charge in [-0.15, -0.1) is 0 Å². The summed E-state index contributed by atoms with van der Waals surface area (Å²) in [4.78, 5) is 15.8. The van der Waals surface area contributed by atoms with Crippen molar-refractivity contribution in [3.05, 3.63) is 23.4 Å². The topological polar surface area (TPSA) is 30.0 Å². The zero-order valence-corrected chi connectivity index (χ0v) is 10.7. The minimum atomic E-state index is -0.297. The van der Waals surface area contributed by atoms with Gasteiger partial charge in [0.1, 0.15) is 10.8 Å². The van der Waals surface area contributed by atoms with Gasteiger partial charge in [0, 0.05) is 11.6 Å². The molecule has 1 rings (SSSR count). The van der Waals surface area contributed by atoms with Gasteiger partial charge < -0.3 is 0 Å². The van der Waals surface area contributed by atoms with E-state index in [2.05, 4.69) is 4.98 Å². The molecule has 0 aliphatic rings. The van der Waals surface area contributed by atoms with Crippen LogP contribution in [0.4, 0.5) is 0 Å². The van der Waals surface area contributed by atoms with Crippen molar-refractivity contribution >= 4 is 29.1 Å². The predicted molar refractivity (Wildman–Crippen MR) is 64.4 cm³/mol. The predicted octanol–water partition coefficient (Wildman–Crippen LogP) is 3.44. The summed E-state index contributed by atoms with van der Waals surface area (Å²) in [5.74, 6) is 0.620. The SMILES string of the molecule is CC(C)(C)C(=O)CSc1ncccc1Cl. The molecule has 82 valence electrons. The Morgan fingerprint density at radius 1 is 1.53 bits per heavy atom. The maximum Gasteiger partial charge on any atom is 0.148 e. The minimum absolute atomic E-state index is 0.203. The van der Waals surface area contributed by atoms with Crippen molar-refractivity contribution in [2.45, 2.75) is 25.8 Å². The molecule has 1 heterocycles. The third kappa shape index (κ3) is 3.84. The summed E-state index contributed by atoms with van der Waals surface area (Å²) < 4.78 is 0. The van der Waals surface area contributed by atoms with E-state index in [0.29, 0.717) is 10.8 Å². The average molecular weight is 244 g/mol. The number of pyridine rings is 1. The third-order valence-corrected chi connectivity index (χ3v) is 3.32. The minimum Gasteiger partial charge on any atom is -0.298 e. The van der Waals surface area contributed by atoms with Crippen LogP contribution in [0.5, 0.6) is 0 Å². The number of hydrogen-bond donors (Lipinski definition) is 0. The monoisotopic (exact) mass is 243 g/mol. The second-order valence-corrected chi connectivity index (χ2v) is 5.62. The second-order valence-electron chi connectivity index (χ2n) is 4.25. The van der Waals surface area contributed by atoms with Crippen LogP contribution in [-0.4, -0.2) is 16.5 Å². The average Bonchev–Trinajstić information content (AvgIpc) is 2.14. The molecule has 15 heavy (non-hydrogen) atoms. The van der Waals surface area contributed by atoms with E-state index in [1.165, 1.54) is 11.8 Å². The van der Waals surface area contributed by atoms with Crippen molar-refractivity contribution in [2.75, 3.05) is 5.75 Å². The van der Waals surface area contributed by atoms with E-state index in [1.807, 2.05) is 20.8 Å². The van der Waals surface area contributed by atoms with E-state index < -0.39 is 0 Å². The van der Waals surface area contributed by atoms with Crippen molar-refractivity contribution in [3.63, 3.8) is 0 Å². The Hall–Kier alpha value is -0.540. The van der Waals surface area contributed by atoms with Crippen molar-refractivity contribution in [1.82, 2.24) is 4.98 Å². The van der Waals surface area contributed by atoms with Crippen LogP contribution in [0.25, 0.3) is 0 Å². The number of carbonyl (C=O) groups is 1. The maximum absolute atomic E-state index is 11.7. The van der Waals surface area contributed by atoms with E-state index in [0.717, 1.165) is 5.03 Å². The van der Waals surface area contributed by atoms with Gasteiger partial charge in [0.15, 0.2) is 0 Å². The quantitative estimate of drug-likeness (QED) is 0.762. The summed E-state index contributed by atoms with van der Waals surface area (Å²) >= 11 is 7.32. The van der Waals surface area contributed by atoms with Crippen molar-refractivity contribution in [3.8, 4) is 0 Å². The van der Waals surface area contributed by atoms with Gasteiger partial charge >= 0.3 is 0 Å². The molecule has 0 fully saturated rings. The molecule has 1 aromatic rings. The third-order valence-electron chi connectivity index (χ3n) is 1.90. The van der Waals surface area contributed by atoms with E-state index >= 15 is 0 Å². The van der Waals surface area contributed by atoms with Crippen LogP contribution in [-0.2, 0) is 4.79 Å². The first-order valence-corrected chi connectivity index (χ1v) is 6.04. The van der Waals surface area contributed by atoms with Crippen LogP contribution in [0.3, 0.4) is 0 Å². The largest absolute Gasteiger partial charge is 0.298 e. The lowest BCUT2D eigenvalue weighted by molar-refractivity contribution is -0.123. The molecule has 2 nitrogen and oxygen atoms in total. The summed E-state index contributed by atoms with van der Waals surface area (Å²) in [5.41, 5.74) is -0.297. The van der Waals surface area contributed by atoms with Crippen LogP contribution in [0, 0.1) is 5.41 Å². The van der Waals surface area contributed by atoms with Crippen LogP contribution >= 0.6 is 23.4 Å². The molecule has 0 N–H and O–H groups in total.